The van der Waals surface area contributed by atoms with Crippen LogP contribution in [0.5, 0.6) is 0 Å². The predicted molar refractivity (Wildman–Crippen MR) is 107 cm³/mol. The van der Waals surface area contributed by atoms with E-state index in [1.807, 2.05) is 48.1 Å². The number of hydrogen-bond acceptors (Lipinski definition) is 3. The largest absolute Gasteiger partial charge is 0.330 e. The lowest BCUT2D eigenvalue weighted by Crippen LogP contribution is -2.19. The lowest BCUT2D eigenvalue weighted by Gasteiger charge is -2.12. The number of aromatic nitrogens is 4. The first-order chi connectivity index (χ1) is 13.6. The molecule has 0 saturated heterocycles. The Morgan fingerprint density at radius 1 is 1.11 bits per heavy atom. The minimum absolute atomic E-state index is 0.237. The summed E-state index contributed by atoms with van der Waals surface area (Å²) in [4.78, 5) is 27.5. The van der Waals surface area contributed by atoms with E-state index < -0.39 is 0 Å². The summed E-state index contributed by atoms with van der Waals surface area (Å²) < 4.78 is 3.35. The highest BCUT2D eigenvalue weighted by Gasteiger charge is 2.13. The number of hydrogen-bond donors (Lipinski definition) is 2. The van der Waals surface area contributed by atoms with Gasteiger partial charge in [-0.1, -0.05) is 24.3 Å². The molecule has 0 aliphatic rings. The second kappa shape index (κ2) is 7.40. The van der Waals surface area contributed by atoms with Crippen LogP contribution in [0.2, 0.25) is 0 Å². The number of nitrogens with one attached hydrogen (secondary N) is 2. The van der Waals surface area contributed by atoms with Crippen LogP contribution in [0, 0.1) is 6.92 Å². The van der Waals surface area contributed by atoms with Crippen LogP contribution in [-0.2, 0) is 6.54 Å². The maximum atomic E-state index is 12.7. The van der Waals surface area contributed by atoms with Gasteiger partial charge < -0.3 is 10.3 Å². The summed E-state index contributed by atoms with van der Waals surface area (Å²) in [7, 11) is 0. The number of amides is 1. The van der Waals surface area contributed by atoms with Crippen LogP contribution in [0.4, 0.5) is 5.69 Å². The molecule has 28 heavy (non-hydrogen) atoms. The first-order valence-corrected chi connectivity index (χ1v) is 8.86. The quantitative estimate of drug-likeness (QED) is 0.564. The van der Waals surface area contributed by atoms with Gasteiger partial charge in [0.25, 0.3) is 5.91 Å². The molecule has 7 nitrogen and oxygen atoms in total. The number of nitrogens with zero attached hydrogens (tertiary/aromatic N) is 3. The number of benzene rings is 2. The van der Waals surface area contributed by atoms with Gasteiger partial charge in [-0.15, -0.1) is 0 Å². The number of para-hydroxylation sites is 2. The zero-order chi connectivity index (χ0) is 19.5. The molecule has 140 valence electrons. The van der Waals surface area contributed by atoms with Gasteiger partial charge in [-0.3, -0.25) is 14.0 Å². The van der Waals surface area contributed by atoms with Crippen LogP contribution in [0.1, 0.15) is 21.6 Å². The van der Waals surface area contributed by atoms with E-state index in [0.29, 0.717) is 23.5 Å². The normalized spacial score (nSPS) is 10.8. The number of carbonyl (C=O) groups is 1. The van der Waals surface area contributed by atoms with Crippen molar-refractivity contribution >= 4 is 11.6 Å². The molecule has 1 amide bonds. The van der Waals surface area contributed by atoms with Crippen molar-refractivity contribution in [1.29, 1.82) is 0 Å². The van der Waals surface area contributed by atoms with E-state index in [1.54, 1.807) is 36.7 Å². The predicted octanol–water partition coefficient (Wildman–Crippen LogP) is 2.97. The summed E-state index contributed by atoms with van der Waals surface area (Å²) >= 11 is 0. The second-order valence-corrected chi connectivity index (χ2v) is 6.44. The molecule has 2 N–H and O–H groups in total. The van der Waals surface area contributed by atoms with Crippen molar-refractivity contribution in [2.24, 2.45) is 0 Å². The molecule has 0 fully saturated rings. The van der Waals surface area contributed by atoms with Gasteiger partial charge in [-0.2, -0.15) is 5.10 Å². The monoisotopic (exact) mass is 373 g/mol. The summed E-state index contributed by atoms with van der Waals surface area (Å²) in [5, 5.41) is 7.08. The van der Waals surface area contributed by atoms with E-state index in [-0.39, 0.29) is 11.6 Å². The van der Waals surface area contributed by atoms with Crippen molar-refractivity contribution in [2.45, 2.75) is 13.5 Å². The minimum atomic E-state index is -0.248. The third-order valence-corrected chi connectivity index (χ3v) is 4.47. The maximum absolute atomic E-state index is 12.7. The summed E-state index contributed by atoms with van der Waals surface area (Å²) in [6.45, 7) is 2.47. The smallest absolute Gasteiger partial charge is 0.320 e. The third kappa shape index (κ3) is 3.50. The highest BCUT2D eigenvalue weighted by molar-refractivity contribution is 6.05. The van der Waals surface area contributed by atoms with Gasteiger partial charge in [0, 0.05) is 29.8 Å². The number of H-pyrrole nitrogens is 1. The van der Waals surface area contributed by atoms with Gasteiger partial charge in [0.1, 0.15) is 0 Å². The summed E-state index contributed by atoms with van der Waals surface area (Å²) in [5.74, 6) is -0.237. The summed E-state index contributed by atoms with van der Waals surface area (Å²) in [5.41, 5.74) is 3.29. The average molecular weight is 373 g/mol. The zero-order valence-corrected chi connectivity index (χ0v) is 15.3. The fourth-order valence-electron chi connectivity index (χ4n) is 3.07. The fourth-order valence-corrected chi connectivity index (χ4v) is 3.07. The van der Waals surface area contributed by atoms with E-state index in [2.05, 4.69) is 15.4 Å². The van der Waals surface area contributed by atoms with Crippen LogP contribution in [0.25, 0.3) is 5.69 Å². The van der Waals surface area contributed by atoms with Crippen molar-refractivity contribution in [1.82, 2.24) is 19.3 Å². The van der Waals surface area contributed by atoms with E-state index >= 15 is 0 Å². The Hall–Kier alpha value is -3.87. The van der Waals surface area contributed by atoms with Gasteiger partial charge in [-0.25, -0.2) is 4.79 Å². The van der Waals surface area contributed by atoms with Gasteiger partial charge in [-0.05, 0) is 42.8 Å². The molecule has 0 aliphatic heterocycles. The van der Waals surface area contributed by atoms with Crippen molar-refractivity contribution in [2.75, 3.05) is 5.32 Å². The highest BCUT2D eigenvalue weighted by atomic mass is 16.2. The molecule has 0 aliphatic carbocycles. The van der Waals surface area contributed by atoms with Gasteiger partial charge >= 0.3 is 5.69 Å². The lowest BCUT2D eigenvalue weighted by molar-refractivity contribution is 0.102. The van der Waals surface area contributed by atoms with Crippen molar-refractivity contribution in [3.05, 3.63) is 100 Å². The number of aromatic amines is 1. The van der Waals surface area contributed by atoms with Crippen LogP contribution < -0.4 is 11.0 Å². The second-order valence-electron chi connectivity index (χ2n) is 6.44. The first kappa shape index (κ1) is 17.5. The number of imidazole rings is 1. The number of carbonyl (C=O) groups excluding carboxylic acids is 1. The molecular weight excluding hydrogens is 354 g/mol. The Labute approximate surface area is 161 Å². The third-order valence-electron chi connectivity index (χ3n) is 4.47. The summed E-state index contributed by atoms with van der Waals surface area (Å²) in [6.07, 6.45) is 5.26. The topological polar surface area (TPSA) is 84.7 Å². The molecule has 0 radical (unpaired) electrons. The van der Waals surface area contributed by atoms with Crippen molar-refractivity contribution in [3.8, 4) is 5.69 Å². The molecule has 4 aromatic rings. The van der Waals surface area contributed by atoms with E-state index in [1.165, 1.54) is 4.57 Å². The Balaban J connectivity index is 1.55. The standard InChI is InChI=1S/C21H19N5O2/c1-15-13-22-21(28)26(15)19-6-3-2-5-18(19)24-20(27)17-9-7-16(8-10-17)14-25-12-4-11-23-25/h2-13H,14H2,1H3,(H,22,28)(H,24,27). The summed E-state index contributed by atoms with van der Waals surface area (Å²) in [6, 6.07) is 16.5. The molecule has 2 aromatic carbocycles. The zero-order valence-electron chi connectivity index (χ0n) is 15.3. The van der Waals surface area contributed by atoms with Gasteiger partial charge in [0.2, 0.25) is 0 Å². The van der Waals surface area contributed by atoms with E-state index in [4.69, 9.17) is 0 Å². The first-order valence-electron chi connectivity index (χ1n) is 8.86. The number of aryl methyl sites for hydroxylation is 1. The molecule has 0 unspecified atom stereocenters. The highest BCUT2D eigenvalue weighted by Crippen LogP contribution is 2.21. The molecule has 7 heteroatoms. The Kier molecular flexibility index (Phi) is 4.63. The van der Waals surface area contributed by atoms with Gasteiger partial charge in [0.15, 0.2) is 0 Å². The molecular formula is C21H19N5O2. The molecule has 0 atom stereocenters. The Bertz CT molecular complexity index is 1150. The maximum Gasteiger partial charge on any atom is 0.330 e. The average Bonchev–Trinajstić information content (AvgIpc) is 3.33. The number of anilines is 1. The fraction of sp³-hybridized carbons (Fsp3) is 0.0952. The molecule has 0 bridgehead atoms. The molecule has 2 aromatic heterocycles. The SMILES string of the molecule is Cc1c[nH]c(=O)n1-c1ccccc1NC(=O)c1ccc(Cn2cccn2)cc1. The van der Waals surface area contributed by atoms with Crippen LogP contribution in [0.15, 0.2) is 78.0 Å². The van der Waals surface area contributed by atoms with Crippen LogP contribution in [0.3, 0.4) is 0 Å². The molecule has 0 saturated carbocycles. The van der Waals surface area contributed by atoms with Crippen molar-refractivity contribution in [3.63, 3.8) is 0 Å². The van der Waals surface area contributed by atoms with Gasteiger partial charge in [0.05, 0.1) is 17.9 Å². The number of rotatable bonds is 5. The van der Waals surface area contributed by atoms with Crippen LogP contribution >= 0.6 is 0 Å². The Morgan fingerprint density at radius 2 is 1.89 bits per heavy atom. The van der Waals surface area contributed by atoms with E-state index in [9.17, 15) is 9.59 Å². The Morgan fingerprint density at radius 3 is 2.57 bits per heavy atom. The van der Waals surface area contributed by atoms with E-state index in [0.717, 1.165) is 11.3 Å². The lowest BCUT2D eigenvalue weighted by atomic mass is 10.1. The molecule has 0 spiro atoms. The minimum Gasteiger partial charge on any atom is -0.320 e. The molecule has 2 heterocycles. The molecule has 4 rings (SSSR count). The van der Waals surface area contributed by atoms with Crippen molar-refractivity contribution < 1.29 is 4.79 Å². The van der Waals surface area contributed by atoms with Crippen LogP contribution in [-0.4, -0.2) is 25.2 Å².